The quantitative estimate of drug-likeness (QED) is 0.416. The average Bonchev–Trinajstić information content (AvgIpc) is 3.19. The third-order valence-electron chi connectivity index (χ3n) is 5.73. The number of nitrogens with two attached hydrogens (primary N) is 1. The number of carbonyl (C=O) groups excluding carboxylic acids is 1. The highest BCUT2D eigenvalue weighted by Crippen LogP contribution is 2.43. The van der Waals surface area contributed by atoms with E-state index in [4.69, 9.17) is 10.7 Å². The molecule has 3 N–H and O–H groups in total. The largest absolute Gasteiger partial charge is 0.384 e. The van der Waals surface area contributed by atoms with E-state index in [-0.39, 0.29) is 5.56 Å². The standard InChI is InChI=1S/C27H33F2N3O2S/c1-17(33)26(34)32(14-8-13-30)24(27(2,3)4)23-22(15-18-9-6-5-7-10-18)35-25(31-23)20-16-19(28)11-12-21(20)29/h5-7,9-12,16-17,24,33H,8,13-15,30H2,1-4H3/t17-,24?/m0/s1. The predicted octanol–water partition coefficient (Wildman–Crippen LogP) is 5.32. The summed E-state index contributed by atoms with van der Waals surface area (Å²) in [6.45, 7) is 8.16. The molecule has 5 nitrogen and oxygen atoms in total. The molecule has 35 heavy (non-hydrogen) atoms. The first kappa shape index (κ1) is 26.9. The summed E-state index contributed by atoms with van der Waals surface area (Å²) in [5.74, 6) is -1.54. The van der Waals surface area contributed by atoms with Gasteiger partial charge in [-0.1, -0.05) is 51.1 Å². The zero-order valence-corrected chi connectivity index (χ0v) is 21.4. The van der Waals surface area contributed by atoms with Crippen molar-refractivity contribution in [3.8, 4) is 10.6 Å². The maximum Gasteiger partial charge on any atom is 0.251 e. The number of nitrogens with zero attached hydrogens (tertiary/aromatic N) is 2. The molecule has 1 unspecified atom stereocenters. The minimum absolute atomic E-state index is 0.0820. The normalized spacial score (nSPS) is 13.5. The molecule has 1 amide bonds. The number of carbonyl (C=O) groups is 1. The molecule has 0 saturated carbocycles. The van der Waals surface area contributed by atoms with Crippen LogP contribution in [0.4, 0.5) is 8.78 Å². The van der Waals surface area contributed by atoms with Crippen LogP contribution in [-0.2, 0) is 11.2 Å². The molecule has 3 rings (SSSR count). The highest BCUT2D eigenvalue weighted by Gasteiger charge is 2.39. The van der Waals surface area contributed by atoms with Crippen molar-refractivity contribution >= 4 is 17.2 Å². The SMILES string of the molecule is C[C@H](O)C(=O)N(CCCN)C(c1nc(-c2cc(F)ccc2F)sc1Cc1ccccc1)C(C)(C)C. The first-order chi connectivity index (χ1) is 16.5. The average molecular weight is 502 g/mol. The van der Waals surface area contributed by atoms with Crippen LogP contribution in [-0.4, -0.2) is 40.1 Å². The van der Waals surface area contributed by atoms with Gasteiger partial charge in [0, 0.05) is 23.4 Å². The van der Waals surface area contributed by atoms with Crippen molar-refractivity contribution in [2.45, 2.75) is 52.7 Å². The topological polar surface area (TPSA) is 79.5 Å². The Balaban J connectivity index is 2.22. The molecule has 0 aliphatic heterocycles. The molecule has 2 aromatic carbocycles. The molecule has 188 valence electrons. The molecule has 0 saturated heterocycles. The van der Waals surface area contributed by atoms with Gasteiger partial charge in [-0.05, 0) is 49.1 Å². The first-order valence-corrected chi connectivity index (χ1v) is 12.5. The van der Waals surface area contributed by atoms with E-state index >= 15 is 0 Å². The van der Waals surface area contributed by atoms with Crippen molar-refractivity contribution in [2.75, 3.05) is 13.1 Å². The zero-order chi connectivity index (χ0) is 25.8. The van der Waals surface area contributed by atoms with E-state index < -0.39 is 35.1 Å². The van der Waals surface area contributed by atoms with Crippen molar-refractivity contribution in [3.05, 3.63) is 76.3 Å². The van der Waals surface area contributed by atoms with Gasteiger partial charge in [0.2, 0.25) is 0 Å². The Morgan fingerprint density at radius 2 is 1.86 bits per heavy atom. The van der Waals surface area contributed by atoms with Gasteiger partial charge in [-0.2, -0.15) is 0 Å². The third kappa shape index (κ3) is 6.51. The zero-order valence-electron chi connectivity index (χ0n) is 20.6. The molecule has 0 radical (unpaired) electrons. The lowest BCUT2D eigenvalue weighted by Crippen LogP contribution is -2.46. The minimum atomic E-state index is -1.20. The van der Waals surface area contributed by atoms with Crippen molar-refractivity contribution in [1.29, 1.82) is 0 Å². The first-order valence-electron chi connectivity index (χ1n) is 11.7. The number of hydrogen-bond donors (Lipinski definition) is 2. The van der Waals surface area contributed by atoms with E-state index in [9.17, 15) is 18.7 Å². The van der Waals surface area contributed by atoms with Gasteiger partial charge in [-0.15, -0.1) is 11.3 Å². The Bertz CT molecular complexity index is 1140. The second-order valence-electron chi connectivity index (χ2n) is 9.73. The molecular weight excluding hydrogens is 468 g/mol. The number of aliphatic hydroxyl groups is 1. The Morgan fingerprint density at radius 1 is 1.17 bits per heavy atom. The van der Waals surface area contributed by atoms with Crippen molar-refractivity contribution < 1.29 is 18.7 Å². The number of benzene rings is 2. The van der Waals surface area contributed by atoms with Gasteiger partial charge in [-0.25, -0.2) is 13.8 Å². The maximum absolute atomic E-state index is 14.7. The molecule has 1 heterocycles. The number of halogens is 2. The summed E-state index contributed by atoms with van der Waals surface area (Å²) in [5, 5.41) is 10.5. The molecule has 0 aliphatic rings. The van der Waals surface area contributed by atoms with Crippen LogP contribution in [0.2, 0.25) is 0 Å². The van der Waals surface area contributed by atoms with E-state index in [1.807, 2.05) is 51.1 Å². The number of aromatic nitrogens is 1. The van der Waals surface area contributed by atoms with Crippen LogP contribution >= 0.6 is 11.3 Å². The highest BCUT2D eigenvalue weighted by molar-refractivity contribution is 7.15. The Morgan fingerprint density at radius 3 is 2.46 bits per heavy atom. The molecule has 0 aliphatic carbocycles. The second kappa shape index (κ2) is 11.4. The second-order valence-corrected chi connectivity index (χ2v) is 10.8. The summed E-state index contributed by atoms with van der Waals surface area (Å²) in [6, 6.07) is 12.6. The van der Waals surface area contributed by atoms with Gasteiger partial charge in [0.15, 0.2) is 0 Å². The molecule has 0 fully saturated rings. The molecule has 0 bridgehead atoms. The van der Waals surface area contributed by atoms with Crippen LogP contribution in [0.15, 0.2) is 48.5 Å². The lowest BCUT2D eigenvalue weighted by atomic mass is 9.82. The molecule has 1 aromatic heterocycles. The van der Waals surface area contributed by atoms with Crippen LogP contribution in [0.25, 0.3) is 10.6 Å². The summed E-state index contributed by atoms with van der Waals surface area (Å²) >= 11 is 1.29. The van der Waals surface area contributed by atoms with Crippen LogP contribution in [0, 0.1) is 17.0 Å². The monoisotopic (exact) mass is 501 g/mol. The van der Waals surface area contributed by atoms with Crippen LogP contribution in [0.5, 0.6) is 0 Å². The Kier molecular flexibility index (Phi) is 8.74. The summed E-state index contributed by atoms with van der Waals surface area (Å²) in [7, 11) is 0. The Hall–Kier alpha value is -2.68. The van der Waals surface area contributed by atoms with E-state index in [0.717, 1.165) is 28.6 Å². The van der Waals surface area contributed by atoms with Crippen molar-refractivity contribution in [1.82, 2.24) is 9.88 Å². The molecule has 2 atom stereocenters. The fourth-order valence-electron chi connectivity index (χ4n) is 4.16. The van der Waals surface area contributed by atoms with Gasteiger partial charge >= 0.3 is 0 Å². The number of thiazole rings is 1. The van der Waals surface area contributed by atoms with E-state index in [1.165, 1.54) is 18.3 Å². The third-order valence-corrected chi connectivity index (χ3v) is 6.83. The summed E-state index contributed by atoms with van der Waals surface area (Å²) in [4.78, 5) is 20.5. The van der Waals surface area contributed by atoms with E-state index in [0.29, 0.717) is 36.6 Å². The highest BCUT2D eigenvalue weighted by atomic mass is 32.1. The fraction of sp³-hybridized carbons (Fsp3) is 0.407. The lowest BCUT2D eigenvalue weighted by Gasteiger charge is -2.40. The number of aliphatic hydroxyl groups excluding tert-OH is 1. The van der Waals surface area contributed by atoms with Crippen LogP contribution < -0.4 is 5.73 Å². The fourth-order valence-corrected chi connectivity index (χ4v) is 5.30. The Labute approximate surface area is 209 Å². The van der Waals surface area contributed by atoms with Crippen molar-refractivity contribution in [3.63, 3.8) is 0 Å². The van der Waals surface area contributed by atoms with Crippen LogP contribution in [0.1, 0.15) is 56.3 Å². The predicted molar refractivity (Wildman–Crippen MR) is 136 cm³/mol. The van der Waals surface area contributed by atoms with Gasteiger partial charge in [0.1, 0.15) is 22.7 Å². The molecule has 8 heteroatoms. The molecular formula is C27H33F2N3O2S. The number of rotatable bonds is 9. The smallest absolute Gasteiger partial charge is 0.251 e. The van der Waals surface area contributed by atoms with Crippen molar-refractivity contribution in [2.24, 2.45) is 11.1 Å². The minimum Gasteiger partial charge on any atom is -0.384 e. The van der Waals surface area contributed by atoms with Gasteiger partial charge in [-0.3, -0.25) is 4.79 Å². The summed E-state index contributed by atoms with van der Waals surface area (Å²) in [6.07, 6.45) is -0.131. The number of hydrogen-bond acceptors (Lipinski definition) is 5. The maximum atomic E-state index is 14.7. The lowest BCUT2D eigenvalue weighted by molar-refractivity contribution is -0.144. The van der Waals surface area contributed by atoms with Gasteiger partial charge in [0.25, 0.3) is 5.91 Å². The van der Waals surface area contributed by atoms with Gasteiger partial charge < -0.3 is 15.7 Å². The number of amides is 1. The molecule has 0 spiro atoms. The van der Waals surface area contributed by atoms with Crippen LogP contribution in [0.3, 0.4) is 0 Å². The van der Waals surface area contributed by atoms with E-state index in [2.05, 4.69) is 0 Å². The molecule has 3 aromatic rings. The summed E-state index contributed by atoms with van der Waals surface area (Å²) < 4.78 is 28.7. The van der Waals surface area contributed by atoms with Gasteiger partial charge in [0.05, 0.1) is 11.7 Å². The summed E-state index contributed by atoms with van der Waals surface area (Å²) in [5.41, 5.74) is 7.01. The van der Waals surface area contributed by atoms with E-state index in [1.54, 1.807) is 4.90 Å².